The van der Waals surface area contributed by atoms with Crippen LogP contribution in [-0.2, 0) is 16.0 Å². The molecule has 2 unspecified atom stereocenters. The molecule has 1 aromatic carbocycles. The van der Waals surface area contributed by atoms with Crippen molar-refractivity contribution in [3.05, 3.63) is 41.5 Å². The van der Waals surface area contributed by atoms with E-state index in [2.05, 4.69) is 15.5 Å². The number of carboxylic acid groups (broad SMARTS) is 1. The van der Waals surface area contributed by atoms with E-state index < -0.39 is 17.9 Å². The van der Waals surface area contributed by atoms with Crippen molar-refractivity contribution in [2.45, 2.75) is 25.8 Å². The van der Waals surface area contributed by atoms with Crippen LogP contribution in [0, 0.1) is 18.7 Å². The van der Waals surface area contributed by atoms with Crippen LogP contribution in [0.1, 0.15) is 23.9 Å². The molecule has 2 heterocycles. The lowest BCUT2D eigenvalue weighted by Gasteiger charge is -2.23. The Balaban J connectivity index is 1.85. The van der Waals surface area contributed by atoms with Crippen LogP contribution >= 0.6 is 0 Å². The zero-order valence-corrected chi connectivity index (χ0v) is 13.7. The van der Waals surface area contributed by atoms with E-state index in [1.54, 1.807) is 19.1 Å². The third kappa shape index (κ3) is 3.65. The summed E-state index contributed by atoms with van der Waals surface area (Å²) in [5, 5.41) is 20.4. The first-order valence-corrected chi connectivity index (χ1v) is 7.96. The van der Waals surface area contributed by atoms with Gasteiger partial charge >= 0.3 is 5.97 Å². The smallest absolute Gasteiger partial charge is 0.308 e. The average molecular weight is 347 g/mol. The van der Waals surface area contributed by atoms with Crippen molar-refractivity contribution in [2.75, 3.05) is 13.1 Å². The molecule has 1 amide bonds. The van der Waals surface area contributed by atoms with Crippen molar-refractivity contribution in [3.63, 3.8) is 0 Å². The molecule has 2 aromatic rings. The minimum atomic E-state index is -0.907. The van der Waals surface area contributed by atoms with E-state index in [0.29, 0.717) is 24.4 Å². The van der Waals surface area contributed by atoms with Gasteiger partial charge in [0.1, 0.15) is 17.7 Å². The largest absolute Gasteiger partial charge is 0.481 e. The van der Waals surface area contributed by atoms with Crippen molar-refractivity contribution in [3.8, 4) is 0 Å². The molecular formula is C16H18FN5O3. The van der Waals surface area contributed by atoms with Crippen LogP contribution in [0.5, 0.6) is 0 Å². The quantitative estimate of drug-likeness (QED) is 0.860. The van der Waals surface area contributed by atoms with Crippen molar-refractivity contribution in [1.82, 2.24) is 25.1 Å². The standard InChI is InChI=1S/C16H18FN5O3/c1-10-18-19-20-22(10)14(8-11-3-2-4-13(17)7-11)15(23)21-6-5-12(9-21)16(24)25/h2-4,7,12,14H,5-6,8-9H2,1H3,(H,24,25). The van der Waals surface area contributed by atoms with Crippen molar-refractivity contribution < 1.29 is 19.1 Å². The summed E-state index contributed by atoms with van der Waals surface area (Å²) in [5.41, 5.74) is 0.641. The maximum atomic E-state index is 13.5. The Morgan fingerprint density at radius 3 is 2.84 bits per heavy atom. The molecule has 1 N–H and O–H groups in total. The first-order chi connectivity index (χ1) is 12.0. The van der Waals surface area contributed by atoms with Gasteiger partial charge in [0.05, 0.1) is 5.92 Å². The summed E-state index contributed by atoms with van der Waals surface area (Å²) in [6.07, 6.45) is 0.638. The number of aryl methyl sites for hydroxylation is 1. The maximum Gasteiger partial charge on any atom is 0.308 e. The summed E-state index contributed by atoms with van der Waals surface area (Å²) < 4.78 is 14.9. The normalized spacial score (nSPS) is 18.3. The molecule has 3 rings (SSSR count). The predicted molar refractivity (Wildman–Crippen MR) is 84.0 cm³/mol. The summed E-state index contributed by atoms with van der Waals surface area (Å²) in [4.78, 5) is 25.6. The van der Waals surface area contributed by atoms with Gasteiger partial charge in [0.2, 0.25) is 5.91 Å². The van der Waals surface area contributed by atoms with Gasteiger partial charge in [-0.1, -0.05) is 12.1 Å². The SMILES string of the molecule is Cc1nnnn1C(Cc1cccc(F)c1)C(=O)N1CCC(C(=O)O)C1. The first kappa shape index (κ1) is 17.0. The molecule has 0 radical (unpaired) electrons. The number of carboxylic acids is 1. The molecule has 1 aliphatic heterocycles. The number of carbonyl (C=O) groups excluding carboxylic acids is 1. The van der Waals surface area contributed by atoms with Gasteiger partial charge < -0.3 is 10.0 Å². The van der Waals surface area contributed by atoms with Gasteiger partial charge in [-0.2, -0.15) is 0 Å². The van der Waals surface area contributed by atoms with Crippen LogP contribution in [0.25, 0.3) is 0 Å². The van der Waals surface area contributed by atoms with E-state index >= 15 is 0 Å². The van der Waals surface area contributed by atoms with E-state index in [4.69, 9.17) is 5.11 Å². The molecule has 1 aromatic heterocycles. The van der Waals surface area contributed by atoms with Crippen LogP contribution in [0.3, 0.4) is 0 Å². The van der Waals surface area contributed by atoms with Crippen molar-refractivity contribution in [2.24, 2.45) is 5.92 Å². The molecule has 132 valence electrons. The van der Waals surface area contributed by atoms with Crippen LogP contribution in [0.15, 0.2) is 24.3 Å². The Labute approximate surface area is 143 Å². The maximum absolute atomic E-state index is 13.5. The fourth-order valence-corrected chi connectivity index (χ4v) is 3.06. The third-order valence-corrected chi connectivity index (χ3v) is 4.40. The molecule has 0 saturated carbocycles. The average Bonchev–Trinajstić information content (AvgIpc) is 3.21. The summed E-state index contributed by atoms with van der Waals surface area (Å²) in [5.74, 6) is -1.65. The van der Waals surface area contributed by atoms with Gasteiger partial charge in [-0.3, -0.25) is 9.59 Å². The molecule has 1 saturated heterocycles. The number of rotatable bonds is 5. The highest BCUT2D eigenvalue weighted by molar-refractivity contribution is 5.82. The number of hydrogen-bond donors (Lipinski definition) is 1. The lowest BCUT2D eigenvalue weighted by Crippen LogP contribution is -2.38. The zero-order valence-electron chi connectivity index (χ0n) is 13.7. The van der Waals surface area contributed by atoms with Crippen LogP contribution in [0.4, 0.5) is 4.39 Å². The molecule has 8 nitrogen and oxygen atoms in total. The topological polar surface area (TPSA) is 101 Å². The Hall–Kier alpha value is -2.84. The van der Waals surface area contributed by atoms with E-state index in [9.17, 15) is 14.0 Å². The Kier molecular flexibility index (Phi) is 4.73. The molecule has 2 atom stereocenters. The molecule has 25 heavy (non-hydrogen) atoms. The van der Waals surface area contributed by atoms with Crippen molar-refractivity contribution in [1.29, 1.82) is 0 Å². The molecule has 0 spiro atoms. The number of halogens is 1. The fourth-order valence-electron chi connectivity index (χ4n) is 3.06. The molecule has 1 fully saturated rings. The second kappa shape index (κ2) is 6.96. The molecule has 0 aliphatic carbocycles. The first-order valence-electron chi connectivity index (χ1n) is 7.96. The summed E-state index contributed by atoms with van der Waals surface area (Å²) in [7, 11) is 0. The minimum Gasteiger partial charge on any atom is -0.481 e. The summed E-state index contributed by atoms with van der Waals surface area (Å²) >= 11 is 0. The number of likely N-dealkylation sites (tertiary alicyclic amines) is 1. The van der Waals surface area contributed by atoms with Crippen LogP contribution in [0.2, 0.25) is 0 Å². The van der Waals surface area contributed by atoms with Gasteiger partial charge in [-0.15, -0.1) is 5.10 Å². The van der Waals surface area contributed by atoms with E-state index in [0.717, 1.165) is 0 Å². The number of aliphatic carboxylic acids is 1. The molecule has 1 aliphatic rings. The second-order valence-electron chi connectivity index (χ2n) is 6.13. The third-order valence-electron chi connectivity index (χ3n) is 4.40. The van der Waals surface area contributed by atoms with Gasteiger partial charge in [-0.05, 0) is 41.5 Å². The number of tetrazole rings is 1. The Bertz CT molecular complexity index is 794. The minimum absolute atomic E-state index is 0.162. The van der Waals surface area contributed by atoms with Gasteiger partial charge in [0.25, 0.3) is 0 Å². The van der Waals surface area contributed by atoms with E-state index in [1.807, 2.05) is 0 Å². The van der Waals surface area contributed by atoms with E-state index in [-0.39, 0.29) is 24.7 Å². The number of nitrogens with zero attached hydrogens (tertiary/aromatic N) is 5. The Morgan fingerprint density at radius 1 is 1.44 bits per heavy atom. The summed E-state index contributed by atoms with van der Waals surface area (Å²) in [6.45, 7) is 2.21. The lowest BCUT2D eigenvalue weighted by molar-refractivity contribution is -0.141. The highest BCUT2D eigenvalue weighted by Crippen LogP contribution is 2.23. The monoisotopic (exact) mass is 347 g/mol. The predicted octanol–water partition coefficient (Wildman–Crippen LogP) is 0.838. The number of amides is 1. The zero-order chi connectivity index (χ0) is 18.0. The lowest BCUT2D eigenvalue weighted by atomic mass is 10.0. The van der Waals surface area contributed by atoms with E-state index in [1.165, 1.54) is 21.7 Å². The molecule has 9 heteroatoms. The van der Waals surface area contributed by atoms with Gasteiger partial charge in [-0.25, -0.2) is 9.07 Å². The van der Waals surface area contributed by atoms with Gasteiger partial charge in [0, 0.05) is 19.5 Å². The number of carbonyl (C=O) groups is 2. The number of hydrogen-bond acceptors (Lipinski definition) is 5. The van der Waals surface area contributed by atoms with Crippen LogP contribution < -0.4 is 0 Å². The van der Waals surface area contributed by atoms with Gasteiger partial charge in [0.15, 0.2) is 0 Å². The second-order valence-corrected chi connectivity index (χ2v) is 6.13. The highest BCUT2D eigenvalue weighted by Gasteiger charge is 2.35. The molecule has 0 bridgehead atoms. The fraction of sp³-hybridized carbons (Fsp3) is 0.438. The number of benzene rings is 1. The van der Waals surface area contributed by atoms with Crippen molar-refractivity contribution >= 4 is 11.9 Å². The number of aromatic nitrogens is 4. The summed E-state index contributed by atoms with van der Waals surface area (Å²) in [6, 6.07) is 5.26. The van der Waals surface area contributed by atoms with Crippen LogP contribution in [-0.4, -0.2) is 55.2 Å². The highest BCUT2D eigenvalue weighted by atomic mass is 19.1. The Morgan fingerprint density at radius 2 is 2.24 bits per heavy atom. The molecular weight excluding hydrogens is 329 g/mol.